The average Bonchev–Trinajstić information content (AvgIpc) is 2.90. The van der Waals surface area contributed by atoms with Crippen molar-refractivity contribution < 1.29 is 18.0 Å². The number of carbonyl (C=O) groups excluding carboxylic acids is 2. The lowest BCUT2D eigenvalue weighted by Crippen LogP contribution is -2.51. The molecule has 0 unspecified atom stereocenters. The summed E-state index contributed by atoms with van der Waals surface area (Å²) in [6.45, 7) is 9.33. The topological polar surface area (TPSA) is 86.8 Å². The first-order chi connectivity index (χ1) is 18.4. The van der Waals surface area contributed by atoms with Gasteiger partial charge in [-0.2, -0.15) is 0 Å². The number of hydrogen-bond acceptors (Lipinski definition) is 4. The van der Waals surface area contributed by atoms with Gasteiger partial charge in [-0.05, 0) is 75.6 Å². The average molecular weight is 570 g/mol. The number of carbonyl (C=O) groups is 2. The molecule has 0 saturated heterocycles. The van der Waals surface area contributed by atoms with Crippen molar-refractivity contribution in [3.05, 3.63) is 94.0 Å². The second-order valence-electron chi connectivity index (χ2n) is 9.73. The molecule has 1 N–H and O–H groups in total. The quantitative estimate of drug-likeness (QED) is 0.335. The van der Waals surface area contributed by atoms with Crippen LogP contribution in [0.15, 0.2) is 71.6 Å². The van der Waals surface area contributed by atoms with Gasteiger partial charge in [-0.25, -0.2) is 8.42 Å². The maximum atomic E-state index is 13.9. The minimum Gasteiger partial charge on any atom is -0.354 e. The Morgan fingerprint density at radius 3 is 2.08 bits per heavy atom. The Morgan fingerprint density at radius 2 is 1.51 bits per heavy atom. The summed E-state index contributed by atoms with van der Waals surface area (Å²) in [6, 6.07) is 18.2. The summed E-state index contributed by atoms with van der Waals surface area (Å²) < 4.78 is 28.9. The third-order valence-corrected chi connectivity index (χ3v) is 8.51. The molecule has 7 nitrogen and oxygen atoms in total. The first kappa shape index (κ1) is 30.2. The minimum atomic E-state index is -4.13. The summed E-state index contributed by atoms with van der Waals surface area (Å²) in [7, 11) is -4.13. The molecule has 0 bridgehead atoms. The molecule has 0 spiro atoms. The molecule has 0 aromatic heterocycles. The zero-order valence-corrected chi connectivity index (χ0v) is 24.6. The number of amides is 2. The standard InChI is InChI=1S/C30H36ClN3O4S/c1-6-17-32-30(36)24(5)33(19-25-11-7-21(2)8-12-25)29(35)20-34(28-16-13-26(31)18-23(28)4)39(37,38)27-14-9-22(3)10-15-27/h7-16,18,24H,6,17,19-20H2,1-5H3,(H,32,36)/t24-/m1/s1. The van der Waals surface area contributed by atoms with E-state index in [-0.39, 0.29) is 17.3 Å². The van der Waals surface area contributed by atoms with Crippen molar-refractivity contribution in [3.8, 4) is 0 Å². The highest BCUT2D eigenvalue weighted by Gasteiger charge is 2.33. The number of benzene rings is 3. The fraction of sp³-hybridized carbons (Fsp3) is 0.333. The number of sulfonamides is 1. The number of aryl methyl sites for hydroxylation is 3. The van der Waals surface area contributed by atoms with Crippen molar-refractivity contribution in [3.63, 3.8) is 0 Å². The van der Waals surface area contributed by atoms with Crippen LogP contribution < -0.4 is 9.62 Å². The van der Waals surface area contributed by atoms with Gasteiger partial charge in [0, 0.05) is 18.1 Å². The van der Waals surface area contributed by atoms with Crippen molar-refractivity contribution in [2.75, 3.05) is 17.4 Å². The van der Waals surface area contributed by atoms with E-state index in [1.54, 1.807) is 44.2 Å². The normalized spacial score (nSPS) is 12.1. The van der Waals surface area contributed by atoms with Crippen LogP contribution in [-0.4, -0.2) is 44.3 Å². The van der Waals surface area contributed by atoms with E-state index in [1.807, 2.05) is 45.0 Å². The van der Waals surface area contributed by atoms with Crippen molar-refractivity contribution in [1.82, 2.24) is 10.2 Å². The van der Waals surface area contributed by atoms with E-state index >= 15 is 0 Å². The molecule has 0 fully saturated rings. The lowest BCUT2D eigenvalue weighted by atomic mass is 10.1. The van der Waals surface area contributed by atoms with Crippen LogP contribution >= 0.6 is 11.6 Å². The lowest BCUT2D eigenvalue weighted by Gasteiger charge is -2.32. The summed E-state index contributed by atoms with van der Waals surface area (Å²) >= 11 is 6.16. The predicted octanol–water partition coefficient (Wildman–Crippen LogP) is 5.40. The predicted molar refractivity (Wildman–Crippen MR) is 156 cm³/mol. The molecular formula is C30H36ClN3O4S. The molecule has 39 heavy (non-hydrogen) atoms. The maximum Gasteiger partial charge on any atom is 0.264 e. The van der Waals surface area contributed by atoms with Gasteiger partial charge in [-0.1, -0.05) is 66.0 Å². The van der Waals surface area contributed by atoms with E-state index in [4.69, 9.17) is 11.6 Å². The van der Waals surface area contributed by atoms with Gasteiger partial charge in [-0.3, -0.25) is 13.9 Å². The lowest BCUT2D eigenvalue weighted by molar-refractivity contribution is -0.139. The monoisotopic (exact) mass is 569 g/mol. The highest BCUT2D eigenvalue weighted by Crippen LogP contribution is 2.29. The summed E-state index contributed by atoms with van der Waals surface area (Å²) in [4.78, 5) is 28.4. The molecule has 0 aliphatic rings. The Balaban J connectivity index is 2.05. The molecule has 0 radical (unpaired) electrons. The van der Waals surface area contributed by atoms with Crippen LogP contribution in [-0.2, 0) is 26.2 Å². The second kappa shape index (κ2) is 13.1. The first-order valence-corrected chi connectivity index (χ1v) is 14.7. The molecule has 1 atom stereocenters. The molecule has 3 rings (SSSR count). The van der Waals surface area contributed by atoms with Crippen LogP contribution in [0.3, 0.4) is 0 Å². The number of rotatable bonds is 11. The molecule has 3 aromatic rings. The third kappa shape index (κ3) is 7.61. The van der Waals surface area contributed by atoms with Crippen molar-refractivity contribution in [2.24, 2.45) is 0 Å². The van der Waals surface area contributed by atoms with Crippen LogP contribution in [0, 0.1) is 20.8 Å². The van der Waals surface area contributed by atoms with E-state index in [0.29, 0.717) is 22.8 Å². The van der Waals surface area contributed by atoms with E-state index in [2.05, 4.69) is 5.32 Å². The van der Waals surface area contributed by atoms with Gasteiger partial charge in [0.15, 0.2) is 0 Å². The zero-order valence-electron chi connectivity index (χ0n) is 23.1. The third-order valence-electron chi connectivity index (χ3n) is 6.51. The highest BCUT2D eigenvalue weighted by molar-refractivity contribution is 7.92. The summed E-state index contributed by atoms with van der Waals surface area (Å²) in [5.41, 5.74) is 3.76. The number of anilines is 1. The molecule has 0 aliphatic heterocycles. The molecule has 208 valence electrons. The number of halogens is 1. The van der Waals surface area contributed by atoms with Crippen LogP contribution in [0.1, 0.15) is 42.5 Å². The van der Waals surface area contributed by atoms with Crippen LogP contribution in [0.5, 0.6) is 0 Å². The van der Waals surface area contributed by atoms with E-state index in [1.165, 1.54) is 17.0 Å². The maximum absolute atomic E-state index is 13.9. The van der Waals surface area contributed by atoms with Crippen molar-refractivity contribution in [1.29, 1.82) is 0 Å². The second-order valence-corrected chi connectivity index (χ2v) is 12.0. The van der Waals surface area contributed by atoms with E-state index < -0.39 is 28.5 Å². The Morgan fingerprint density at radius 1 is 0.923 bits per heavy atom. The van der Waals surface area contributed by atoms with Gasteiger partial charge in [0.25, 0.3) is 10.0 Å². The van der Waals surface area contributed by atoms with E-state index in [0.717, 1.165) is 27.4 Å². The Hall–Kier alpha value is -3.36. The number of hydrogen-bond donors (Lipinski definition) is 1. The molecule has 0 aliphatic carbocycles. The number of nitrogens with one attached hydrogen (secondary N) is 1. The largest absolute Gasteiger partial charge is 0.354 e. The van der Waals surface area contributed by atoms with Crippen molar-refractivity contribution in [2.45, 2.75) is 58.5 Å². The summed E-state index contributed by atoms with van der Waals surface area (Å²) in [5.74, 6) is -0.798. The first-order valence-electron chi connectivity index (χ1n) is 12.9. The summed E-state index contributed by atoms with van der Waals surface area (Å²) in [5, 5.41) is 3.30. The van der Waals surface area contributed by atoms with Crippen LogP contribution in [0.2, 0.25) is 5.02 Å². The van der Waals surface area contributed by atoms with E-state index in [9.17, 15) is 18.0 Å². The fourth-order valence-corrected chi connectivity index (χ4v) is 5.82. The zero-order chi connectivity index (χ0) is 28.7. The SMILES string of the molecule is CCCNC(=O)[C@@H](C)N(Cc1ccc(C)cc1)C(=O)CN(c1ccc(Cl)cc1C)S(=O)(=O)c1ccc(C)cc1. The fourth-order valence-electron chi connectivity index (χ4n) is 4.12. The van der Waals surface area contributed by atoms with Crippen LogP contribution in [0.25, 0.3) is 0 Å². The molecular weight excluding hydrogens is 534 g/mol. The van der Waals surface area contributed by atoms with Crippen LogP contribution in [0.4, 0.5) is 5.69 Å². The van der Waals surface area contributed by atoms with Gasteiger partial charge < -0.3 is 10.2 Å². The van der Waals surface area contributed by atoms with Gasteiger partial charge >= 0.3 is 0 Å². The molecule has 0 heterocycles. The molecule has 3 aromatic carbocycles. The summed E-state index contributed by atoms with van der Waals surface area (Å²) in [6.07, 6.45) is 0.753. The molecule has 2 amide bonds. The number of nitrogens with zero attached hydrogens (tertiary/aromatic N) is 2. The Labute approximate surface area is 236 Å². The van der Waals surface area contributed by atoms with Crippen molar-refractivity contribution >= 4 is 39.1 Å². The van der Waals surface area contributed by atoms with Gasteiger partial charge in [0.2, 0.25) is 11.8 Å². The molecule has 0 saturated carbocycles. The minimum absolute atomic E-state index is 0.0640. The Bertz CT molecular complexity index is 1410. The van der Waals surface area contributed by atoms with Gasteiger partial charge in [0.1, 0.15) is 12.6 Å². The molecule has 9 heteroatoms. The van der Waals surface area contributed by atoms with Gasteiger partial charge in [-0.15, -0.1) is 0 Å². The van der Waals surface area contributed by atoms with Gasteiger partial charge in [0.05, 0.1) is 10.6 Å². The smallest absolute Gasteiger partial charge is 0.264 e. The highest BCUT2D eigenvalue weighted by atomic mass is 35.5. The Kier molecular flexibility index (Phi) is 10.2.